The molecule has 0 radical (unpaired) electrons. The monoisotopic (exact) mass is 290 g/mol. The van der Waals surface area contributed by atoms with E-state index in [2.05, 4.69) is 29.2 Å². The average molecular weight is 290 g/mol. The summed E-state index contributed by atoms with van der Waals surface area (Å²) >= 11 is 0. The van der Waals surface area contributed by atoms with Crippen LogP contribution in [-0.4, -0.2) is 44.9 Å². The summed E-state index contributed by atoms with van der Waals surface area (Å²) in [5.74, 6) is -0.453. The Bertz CT molecular complexity index is 667. The second-order valence-corrected chi connectivity index (χ2v) is 5.56. The SMILES string of the molecule is CC(C)c1cc2c(NC3COCC3C(=O)O)nccn2n1. The normalized spacial score (nSPS) is 22.0. The molecule has 0 aliphatic carbocycles. The van der Waals surface area contributed by atoms with E-state index in [9.17, 15) is 9.90 Å². The van der Waals surface area contributed by atoms with Gasteiger partial charge in [0.05, 0.1) is 24.9 Å². The van der Waals surface area contributed by atoms with Gasteiger partial charge in [0, 0.05) is 12.4 Å². The molecule has 7 nitrogen and oxygen atoms in total. The minimum Gasteiger partial charge on any atom is -0.481 e. The van der Waals surface area contributed by atoms with E-state index in [1.165, 1.54) is 0 Å². The summed E-state index contributed by atoms with van der Waals surface area (Å²) in [7, 11) is 0. The third-order valence-electron chi connectivity index (χ3n) is 3.72. The standard InChI is InChI=1S/C14H18N4O3/c1-8(2)10-5-12-13(15-3-4-18(12)17-10)16-11-7-21-6-9(11)14(19)20/h3-5,8-9,11H,6-7H2,1-2H3,(H,15,16)(H,19,20). The molecular weight excluding hydrogens is 272 g/mol. The zero-order valence-corrected chi connectivity index (χ0v) is 12.0. The summed E-state index contributed by atoms with van der Waals surface area (Å²) in [5, 5.41) is 16.9. The molecule has 7 heteroatoms. The predicted molar refractivity (Wildman–Crippen MR) is 76.4 cm³/mol. The molecule has 1 aliphatic rings. The van der Waals surface area contributed by atoms with E-state index in [-0.39, 0.29) is 12.6 Å². The number of carboxylic acids is 1. The molecule has 1 fully saturated rings. The molecule has 0 aromatic carbocycles. The van der Waals surface area contributed by atoms with Crippen molar-refractivity contribution >= 4 is 17.3 Å². The van der Waals surface area contributed by atoms with Crippen LogP contribution in [0.1, 0.15) is 25.5 Å². The molecule has 3 rings (SSSR count). The van der Waals surface area contributed by atoms with Gasteiger partial charge >= 0.3 is 5.97 Å². The highest BCUT2D eigenvalue weighted by atomic mass is 16.5. The van der Waals surface area contributed by atoms with Crippen LogP contribution in [0.5, 0.6) is 0 Å². The van der Waals surface area contributed by atoms with Crippen molar-refractivity contribution in [2.75, 3.05) is 18.5 Å². The Balaban J connectivity index is 1.91. The fourth-order valence-corrected chi connectivity index (χ4v) is 2.45. The van der Waals surface area contributed by atoms with Crippen molar-refractivity contribution in [3.8, 4) is 0 Å². The van der Waals surface area contributed by atoms with Gasteiger partial charge in [-0.05, 0) is 12.0 Å². The van der Waals surface area contributed by atoms with Gasteiger partial charge < -0.3 is 15.2 Å². The number of carboxylic acid groups (broad SMARTS) is 1. The molecule has 2 atom stereocenters. The van der Waals surface area contributed by atoms with Crippen LogP contribution in [-0.2, 0) is 9.53 Å². The highest BCUT2D eigenvalue weighted by molar-refractivity contribution is 5.74. The Morgan fingerprint density at radius 2 is 2.33 bits per heavy atom. The van der Waals surface area contributed by atoms with Crippen LogP contribution in [0.25, 0.3) is 5.52 Å². The maximum absolute atomic E-state index is 11.2. The summed E-state index contributed by atoms with van der Waals surface area (Å²) in [6.45, 7) is 4.75. The minimum atomic E-state index is -0.853. The van der Waals surface area contributed by atoms with Gasteiger partial charge in [0.15, 0.2) is 5.82 Å². The number of rotatable bonds is 4. The number of aliphatic carboxylic acids is 1. The molecular formula is C14H18N4O3. The maximum Gasteiger partial charge on any atom is 0.311 e. The van der Waals surface area contributed by atoms with Crippen molar-refractivity contribution in [1.82, 2.24) is 14.6 Å². The number of hydrogen-bond donors (Lipinski definition) is 2. The number of nitrogens with zero attached hydrogens (tertiary/aromatic N) is 3. The van der Waals surface area contributed by atoms with Crippen LogP contribution in [0.15, 0.2) is 18.5 Å². The fourth-order valence-electron chi connectivity index (χ4n) is 2.45. The molecule has 1 aliphatic heterocycles. The molecule has 0 spiro atoms. The topological polar surface area (TPSA) is 88.8 Å². The Morgan fingerprint density at radius 1 is 1.52 bits per heavy atom. The van der Waals surface area contributed by atoms with Crippen molar-refractivity contribution in [1.29, 1.82) is 0 Å². The van der Waals surface area contributed by atoms with Crippen LogP contribution in [0.4, 0.5) is 5.82 Å². The number of carbonyl (C=O) groups is 1. The molecule has 0 amide bonds. The minimum absolute atomic E-state index is 0.229. The lowest BCUT2D eigenvalue weighted by Crippen LogP contribution is -2.33. The second-order valence-electron chi connectivity index (χ2n) is 5.56. The predicted octanol–water partition coefficient (Wildman–Crippen LogP) is 1.36. The first-order valence-electron chi connectivity index (χ1n) is 6.97. The third kappa shape index (κ3) is 2.56. The lowest BCUT2D eigenvalue weighted by Gasteiger charge is -2.16. The third-order valence-corrected chi connectivity index (χ3v) is 3.72. The van der Waals surface area contributed by atoms with Gasteiger partial charge in [0.25, 0.3) is 0 Å². The van der Waals surface area contributed by atoms with Crippen LogP contribution in [0.2, 0.25) is 0 Å². The summed E-state index contributed by atoms with van der Waals surface area (Å²) in [6.07, 6.45) is 3.43. The first-order valence-corrected chi connectivity index (χ1v) is 6.97. The van der Waals surface area contributed by atoms with Crippen LogP contribution in [0, 0.1) is 5.92 Å². The van der Waals surface area contributed by atoms with E-state index in [4.69, 9.17) is 4.74 Å². The number of fused-ring (bicyclic) bond motifs is 1. The lowest BCUT2D eigenvalue weighted by atomic mass is 10.0. The molecule has 112 valence electrons. The molecule has 3 heterocycles. The van der Waals surface area contributed by atoms with Crippen molar-refractivity contribution in [2.24, 2.45) is 5.92 Å². The summed E-state index contributed by atoms with van der Waals surface area (Å²) < 4.78 is 7.03. The Kier molecular flexibility index (Phi) is 3.50. The number of nitrogens with one attached hydrogen (secondary N) is 1. The van der Waals surface area contributed by atoms with E-state index in [1.807, 2.05) is 6.07 Å². The smallest absolute Gasteiger partial charge is 0.311 e. The molecule has 0 bridgehead atoms. The van der Waals surface area contributed by atoms with Crippen LogP contribution >= 0.6 is 0 Å². The van der Waals surface area contributed by atoms with Crippen molar-refractivity contribution in [3.63, 3.8) is 0 Å². The first kappa shape index (κ1) is 13.8. The van der Waals surface area contributed by atoms with E-state index >= 15 is 0 Å². The van der Waals surface area contributed by atoms with E-state index < -0.39 is 11.9 Å². The Hall–Kier alpha value is -2.15. The van der Waals surface area contributed by atoms with Gasteiger partial charge in [-0.15, -0.1) is 0 Å². The maximum atomic E-state index is 11.2. The zero-order valence-electron chi connectivity index (χ0n) is 12.0. The molecule has 2 aromatic rings. The van der Waals surface area contributed by atoms with Gasteiger partial charge in [-0.2, -0.15) is 5.10 Å². The molecule has 2 N–H and O–H groups in total. The molecule has 21 heavy (non-hydrogen) atoms. The molecule has 2 unspecified atom stereocenters. The number of hydrogen-bond acceptors (Lipinski definition) is 5. The number of ether oxygens (including phenoxy) is 1. The number of aromatic nitrogens is 3. The van der Waals surface area contributed by atoms with Crippen LogP contribution < -0.4 is 5.32 Å². The fraction of sp³-hybridized carbons (Fsp3) is 0.500. The van der Waals surface area contributed by atoms with Gasteiger partial charge in [0.1, 0.15) is 11.4 Å². The molecule has 1 saturated heterocycles. The summed E-state index contributed by atoms with van der Waals surface area (Å²) in [4.78, 5) is 15.5. The molecule has 2 aromatic heterocycles. The lowest BCUT2D eigenvalue weighted by molar-refractivity contribution is -0.141. The van der Waals surface area contributed by atoms with Crippen molar-refractivity contribution in [2.45, 2.75) is 25.8 Å². The second kappa shape index (κ2) is 5.33. The van der Waals surface area contributed by atoms with Gasteiger partial charge in [-0.25, -0.2) is 9.50 Å². The van der Waals surface area contributed by atoms with Gasteiger partial charge in [0.2, 0.25) is 0 Å². The van der Waals surface area contributed by atoms with Gasteiger partial charge in [-0.1, -0.05) is 13.8 Å². The first-order chi connectivity index (χ1) is 10.1. The average Bonchev–Trinajstić information content (AvgIpc) is 3.04. The van der Waals surface area contributed by atoms with Crippen molar-refractivity contribution < 1.29 is 14.6 Å². The van der Waals surface area contributed by atoms with E-state index in [1.54, 1.807) is 16.9 Å². The zero-order chi connectivity index (χ0) is 15.0. The highest BCUT2D eigenvalue weighted by Gasteiger charge is 2.34. The Labute approximate surface area is 121 Å². The highest BCUT2D eigenvalue weighted by Crippen LogP contribution is 2.23. The largest absolute Gasteiger partial charge is 0.481 e. The molecule has 0 saturated carbocycles. The summed E-state index contributed by atoms with van der Waals surface area (Å²) in [5.41, 5.74) is 1.82. The Morgan fingerprint density at radius 3 is 3.05 bits per heavy atom. The quantitative estimate of drug-likeness (QED) is 0.884. The van der Waals surface area contributed by atoms with E-state index in [0.29, 0.717) is 18.3 Å². The van der Waals surface area contributed by atoms with Crippen molar-refractivity contribution in [3.05, 3.63) is 24.2 Å². The van der Waals surface area contributed by atoms with Crippen LogP contribution in [0.3, 0.4) is 0 Å². The number of anilines is 1. The summed E-state index contributed by atoms with van der Waals surface area (Å²) in [6, 6.07) is 1.70. The van der Waals surface area contributed by atoms with Gasteiger partial charge in [-0.3, -0.25) is 4.79 Å². The van der Waals surface area contributed by atoms with E-state index in [0.717, 1.165) is 11.2 Å².